The van der Waals surface area contributed by atoms with Gasteiger partial charge in [-0.25, -0.2) is 16.8 Å². The summed E-state index contributed by atoms with van der Waals surface area (Å²) in [5.74, 6) is 0. The molecule has 2 aromatic rings. The molecule has 0 amide bonds. The minimum Gasteiger partial charge on any atom is -0.207 e. The lowest BCUT2D eigenvalue weighted by Crippen LogP contribution is -2.41. The third-order valence-corrected chi connectivity index (χ3v) is 8.97. The Morgan fingerprint density at radius 3 is 2.14 bits per heavy atom. The fourth-order valence-corrected chi connectivity index (χ4v) is 6.31. The molecule has 8 heteroatoms. The molecular weight excluding hydrogens is 396 g/mol. The summed E-state index contributed by atoms with van der Waals surface area (Å²) in [7, 11) is -5.81. The highest BCUT2D eigenvalue weighted by Gasteiger charge is 2.31. The van der Waals surface area contributed by atoms with Gasteiger partial charge < -0.3 is 0 Å². The molecule has 28 heavy (non-hydrogen) atoms. The Balaban J connectivity index is 1.81. The molecule has 0 aromatic heterocycles. The van der Waals surface area contributed by atoms with Crippen molar-refractivity contribution < 1.29 is 16.8 Å². The second-order valence-corrected chi connectivity index (χ2v) is 11.1. The summed E-state index contributed by atoms with van der Waals surface area (Å²) in [5, 5.41) is 0. The van der Waals surface area contributed by atoms with Crippen LogP contribution in [0.3, 0.4) is 0 Å². The first-order valence-corrected chi connectivity index (χ1v) is 12.2. The van der Waals surface area contributed by atoms with Crippen molar-refractivity contribution >= 4 is 20.0 Å². The van der Waals surface area contributed by atoms with Crippen molar-refractivity contribution in [1.82, 2.24) is 8.61 Å². The first kappa shape index (κ1) is 21.0. The number of piperidine rings is 1. The van der Waals surface area contributed by atoms with Crippen molar-refractivity contribution in [3.8, 4) is 0 Å². The first-order chi connectivity index (χ1) is 13.2. The van der Waals surface area contributed by atoms with Crippen LogP contribution in [0.4, 0.5) is 0 Å². The van der Waals surface area contributed by atoms with E-state index in [1.165, 1.54) is 39.9 Å². The maximum Gasteiger partial charge on any atom is 0.243 e. The Hall–Kier alpha value is -1.74. The van der Waals surface area contributed by atoms with Gasteiger partial charge >= 0.3 is 0 Å². The molecule has 0 unspecified atom stereocenters. The van der Waals surface area contributed by atoms with Crippen LogP contribution in [-0.4, -0.2) is 45.1 Å². The highest BCUT2D eigenvalue weighted by molar-refractivity contribution is 7.89. The number of nitrogens with zero attached hydrogens (tertiary/aromatic N) is 2. The highest BCUT2D eigenvalue weighted by atomic mass is 32.2. The minimum absolute atomic E-state index is 0.0424. The monoisotopic (exact) mass is 422 g/mol. The standard InChI is InChI=1S/C20H26N2O4S2/c1-17-8-6-7-15-22(17)28(25,26)20-13-11-19(12-14-20)27(23,24)21(2)16-18-9-4-3-5-10-18/h3-5,9-14,17H,6-8,15-16H2,1-2H3/t17-/m0/s1. The second kappa shape index (κ2) is 8.32. The Morgan fingerprint density at radius 2 is 1.54 bits per heavy atom. The topological polar surface area (TPSA) is 74.8 Å². The number of hydrogen-bond acceptors (Lipinski definition) is 4. The molecule has 152 valence electrons. The molecule has 1 heterocycles. The van der Waals surface area contributed by atoms with Gasteiger partial charge in [0.25, 0.3) is 0 Å². The van der Waals surface area contributed by atoms with E-state index in [1.54, 1.807) is 0 Å². The van der Waals surface area contributed by atoms with Gasteiger partial charge in [-0.3, -0.25) is 0 Å². The predicted molar refractivity (Wildman–Crippen MR) is 109 cm³/mol. The van der Waals surface area contributed by atoms with Crippen LogP contribution in [0, 0.1) is 0 Å². The molecule has 0 aliphatic carbocycles. The van der Waals surface area contributed by atoms with Crippen LogP contribution >= 0.6 is 0 Å². The fraction of sp³-hybridized carbons (Fsp3) is 0.400. The van der Waals surface area contributed by atoms with E-state index in [0.717, 1.165) is 24.8 Å². The smallest absolute Gasteiger partial charge is 0.207 e. The molecular formula is C20H26N2O4S2. The van der Waals surface area contributed by atoms with Crippen molar-refractivity contribution in [2.24, 2.45) is 0 Å². The summed E-state index contributed by atoms with van der Waals surface area (Å²) in [6.07, 6.45) is 2.72. The molecule has 0 saturated carbocycles. The van der Waals surface area contributed by atoms with Gasteiger partial charge in [0.15, 0.2) is 0 Å². The zero-order valence-electron chi connectivity index (χ0n) is 16.2. The summed E-state index contributed by atoms with van der Waals surface area (Å²) in [5.41, 5.74) is 0.881. The van der Waals surface area contributed by atoms with Gasteiger partial charge in [-0.05, 0) is 49.6 Å². The first-order valence-electron chi connectivity index (χ1n) is 9.35. The quantitative estimate of drug-likeness (QED) is 0.717. The molecule has 0 bridgehead atoms. The van der Waals surface area contributed by atoms with E-state index < -0.39 is 20.0 Å². The van der Waals surface area contributed by atoms with Crippen LogP contribution < -0.4 is 0 Å². The van der Waals surface area contributed by atoms with Crippen LogP contribution in [0.2, 0.25) is 0 Å². The zero-order chi connectivity index (χ0) is 20.4. The van der Waals surface area contributed by atoms with Gasteiger partial charge in [-0.15, -0.1) is 0 Å². The number of sulfonamides is 2. The summed E-state index contributed by atoms with van der Waals surface area (Å²) >= 11 is 0. The van der Waals surface area contributed by atoms with E-state index in [4.69, 9.17) is 0 Å². The Labute approximate surface area is 167 Å². The number of rotatable bonds is 6. The SMILES string of the molecule is C[C@H]1CCCCN1S(=O)(=O)c1ccc(S(=O)(=O)N(C)Cc2ccccc2)cc1. The molecule has 6 nitrogen and oxygen atoms in total. The lowest BCUT2D eigenvalue weighted by atomic mass is 10.1. The molecule has 0 spiro atoms. The summed E-state index contributed by atoms with van der Waals surface area (Å²) < 4.78 is 54.2. The molecule has 1 aliphatic heterocycles. The third-order valence-electron chi connectivity index (χ3n) is 5.13. The van der Waals surface area contributed by atoms with E-state index in [2.05, 4.69) is 0 Å². The van der Waals surface area contributed by atoms with Gasteiger partial charge in [0, 0.05) is 26.2 Å². The van der Waals surface area contributed by atoms with Crippen molar-refractivity contribution in [2.45, 2.75) is 48.6 Å². The van der Waals surface area contributed by atoms with Crippen LogP contribution in [0.15, 0.2) is 64.4 Å². The van der Waals surface area contributed by atoms with Crippen molar-refractivity contribution in [3.05, 3.63) is 60.2 Å². The van der Waals surface area contributed by atoms with Gasteiger partial charge in [-0.2, -0.15) is 8.61 Å². The van der Waals surface area contributed by atoms with Gasteiger partial charge in [0.05, 0.1) is 9.79 Å². The minimum atomic E-state index is -3.71. The van der Waals surface area contributed by atoms with Gasteiger partial charge in [0.1, 0.15) is 0 Å². The van der Waals surface area contributed by atoms with Crippen molar-refractivity contribution in [3.63, 3.8) is 0 Å². The van der Waals surface area contributed by atoms with Crippen molar-refractivity contribution in [2.75, 3.05) is 13.6 Å². The maximum atomic E-state index is 12.9. The van der Waals surface area contributed by atoms with E-state index in [1.807, 2.05) is 37.3 Å². The van der Waals surface area contributed by atoms with Crippen molar-refractivity contribution in [1.29, 1.82) is 0 Å². The summed E-state index contributed by atoms with van der Waals surface area (Å²) in [6.45, 7) is 2.66. The van der Waals surface area contributed by atoms with Gasteiger partial charge in [-0.1, -0.05) is 36.8 Å². The third kappa shape index (κ3) is 4.30. The summed E-state index contributed by atoms with van der Waals surface area (Å²) in [6, 6.07) is 14.8. The molecule has 1 fully saturated rings. The second-order valence-electron chi connectivity index (χ2n) is 7.18. The van der Waals surface area contributed by atoms with Crippen LogP contribution in [-0.2, 0) is 26.6 Å². The zero-order valence-corrected chi connectivity index (χ0v) is 17.8. The molecule has 0 radical (unpaired) electrons. The molecule has 3 rings (SSSR count). The molecule has 1 atom stereocenters. The Bertz CT molecular complexity index is 1000. The van der Waals surface area contributed by atoms with Gasteiger partial charge in [0.2, 0.25) is 20.0 Å². The van der Waals surface area contributed by atoms with Crippen LogP contribution in [0.1, 0.15) is 31.7 Å². The maximum absolute atomic E-state index is 12.9. The fourth-order valence-electron chi connectivity index (χ4n) is 3.45. The average molecular weight is 423 g/mol. The Kier molecular flexibility index (Phi) is 6.24. The van der Waals surface area contributed by atoms with Crippen LogP contribution in [0.25, 0.3) is 0 Å². The number of benzene rings is 2. The van der Waals surface area contributed by atoms with E-state index >= 15 is 0 Å². The summed E-state index contributed by atoms with van der Waals surface area (Å²) in [4.78, 5) is 0.211. The lowest BCUT2D eigenvalue weighted by molar-refractivity contribution is 0.268. The molecule has 2 aromatic carbocycles. The lowest BCUT2D eigenvalue weighted by Gasteiger charge is -2.32. The molecule has 1 aliphatic rings. The van der Waals surface area contributed by atoms with E-state index in [9.17, 15) is 16.8 Å². The average Bonchev–Trinajstić information content (AvgIpc) is 2.69. The largest absolute Gasteiger partial charge is 0.243 e. The Morgan fingerprint density at radius 1 is 0.929 bits per heavy atom. The van der Waals surface area contributed by atoms with E-state index in [-0.39, 0.29) is 22.4 Å². The highest BCUT2D eigenvalue weighted by Crippen LogP contribution is 2.26. The normalized spacial score (nSPS) is 19.0. The molecule has 0 N–H and O–H groups in total. The van der Waals surface area contributed by atoms with Crippen LogP contribution in [0.5, 0.6) is 0 Å². The predicted octanol–water partition coefficient (Wildman–Crippen LogP) is 3.07. The number of hydrogen-bond donors (Lipinski definition) is 0. The molecule has 1 saturated heterocycles. The van der Waals surface area contributed by atoms with E-state index in [0.29, 0.717) is 6.54 Å².